The van der Waals surface area contributed by atoms with Crippen LogP contribution in [-0.4, -0.2) is 31.4 Å². The minimum Gasteiger partial charge on any atom is -0.381 e. The fourth-order valence-corrected chi connectivity index (χ4v) is 2.37. The lowest BCUT2D eigenvalue weighted by molar-refractivity contribution is 0.0819. The lowest BCUT2D eigenvalue weighted by Gasteiger charge is -2.33. The van der Waals surface area contributed by atoms with Gasteiger partial charge in [-0.25, -0.2) is 0 Å². The summed E-state index contributed by atoms with van der Waals surface area (Å²) in [4.78, 5) is 2.38. The van der Waals surface area contributed by atoms with E-state index < -0.39 is 0 Å². The molecule has 0 unspecified atom stereocenters. The number of rotatable bonds is 3. The summed E-state index contributed by atoms with van der Waals surface area (Å²) >= 11 is 4.80. The fraction of sp³-hybridized carbons (Fsp3) is 0.462. The number of methoxy groups -OCH3 is 1. The third kappa shape index (κ3) is 3.34. The summed E-state index contributed by atoms with van der Waals surface area (Å²) < 4.78 is 5.37. The van der Waals surface area contributed by atoms with Crippen LogP contribution in [0, 0.1) is 0 Å². The topological polar surface area (TPSA) is 50.5 Å². The lowest BCUT2D eigenvalue weighted by Crippen LogP contribution is -2.36. The van der Waals surface area contributed by atoms with E-state index in [1.807, 2.05) is 12.1 Å². The molecule has 1 aromatic carbocycles. The Labute approximate surface area is 113 Å². The van der Waals surface area contributed by atoms with Crippen LogP contribution in [0.3, 0.4) is 0 Å². The summed E-state index contributed by atoms with van der Waals surface area (Å²) in [5.41, 5.74) is 7.59. The number of thiocarbonyl (C=S) groups is 1. The molecule has 0 radical (unpaired) electrons. The molecule has 2 rings (SSSR count). The fourth-order valence-electron chi connectivity index (χ4n) is 2.25. The number of nitrogens with two attached hydrogens (primary N) is 1. The molecule has 0 aliphatic carbocycles. The number of nitrogens with zero attached hydrogens (tertiary/aromatic N) is 1. The summed E-state index contributed by atoms with van der Waals surface area (Å²) in [7, 11) is 1.79. The van der Waals surface area contributed by atoms with Crippen molar-refractivity contribution in [2.75, 3.05) is 30.4 Å². The molecule has 3 N–H and O–H groups in total. The highest BCUT2D eigenvalue weighted by Gasteiger charge is 2.18. The zero-order chi connectivity index (χ0) is 13.0. The van der Waals surface area contributed by atoms with Gasteiger partial charge in [0, 0.05) is 31.6 Å². The van der Waals surface area contributed by atoms with Crippen LogP contribution < -0.4 is 16.0 Å². The highest BCUT2D eigenvalue weighted by Crippen LogP contribution is 2.22. The van der Waals surface area contributed by atoms with Crippen molar-refractivity contribution in [2.24, 2.45) is 5.73 Å². The highest BCUT2D eigenvalue weighted by molar-refractivity contribution is 7.80. The van der Waals surface area contributed by atoms with Crippen LogP contribution in [0.5, 0.6) is 0 Å². The molecule has 0 bridgehead atoms. The van der Waals surface area contributed by atoms with E-state index in [9.17, 15) is 0 Å². The molecular formula is C13H19N3OS. The first kappa shape index (κ1) is 13.1. The molecule has 0 aromatic heterocycles. The molecule has 1 aromatic rings. The molecule has 5 heteroatoms. The monoisotopic (exact) mass is 265 g/mol. The van der Waals surface area contributed by atoms with Crippen molar-refractivity contribution < 1.29 is 4.74 Å². The predicted molar refractivity (Wildman–Crippen MR) is 79.1 cm³/mol. The molecule has 0 atom stereocenters. The van der Waals surface area contributed by atoms with Crippen LogP contribution in [0.4, 0.5) is 11.4 Å². The van der Waals surface area contributed by atoms with Gasteiger partial charge in [-0.15, -0.1) is 0 Å². The number of piperidine rings is 1. The van der Waals surface area contributed by atoms with E-state index in [-0.39, 0.29) is 0 Å². The first-order valence-corrected chi connectivity index (χ1v) is 6.54. The van der Waals surface area contributed by atoms with Gasteiger partial charge in [-0.2, -0.15) is 0 Å². The second kappa shape index (κ2) is 6.02. The standard InChI is InChI=1S/C13H19N3OS/c1-17-12-6-8-16(9-7-12)11-4-2-10(3-5-11)15-13(14)18/h2-5,12H,6-9H2,1H3,(H3,14,15,18). The maximum Gasteiger partial charge on any atom is 0.168 e. The van der Waals surface area contributed by atoms with Gasteiger partial charge in [0.2, 0.25) is 0 Å². The van der Waals surface area contributed by atoms with Crippen LogP contribution in [0.15, 0.2) is 24.3 Å². The minimum atomic E-state index is 0.295. The van der Waals surface area contributed by atoms with Gasteiger partial charge in [-0.05, 0) is 49.3 Å². The van der Waals surface area contributed by atoms with E-state index in [0.29, 0.717) is 11.2 Å². The Morgan fingerprint density at radius 3 is 2.44 bits per heavy atom. The second-order valence-electron chi connectivity index (χ2n) is 4.46. The van der Waals surface area contributed by atoms with Crippen LogP contribution in [0.25, 0.3) is 0 Å². The van der Waals surface area contributed by atoms with E-state index >= 15 is 0 Å². The molecule has 1 fully saturated rings. The van der Waals surface area contributed by atoms with Crippen molar-refractivity contribution >= 4 is 28.7 Å². The van der Waals surface area contributed by atoms with Gasteiger partial charge in [0.25, 0.3) is 0 Å². The van der Waals surface area contributed by atoms with E-state index in [1.54, 1.807) is 7.11 Å². The number of nitrogens with one attached hydrogen (secondary N) is 1. The Morgan fingerprint density at radius 1 is 1.33 bits per heavy atom. The molecule has 18 heavy (non-hydrogen) atoms. The summed E-state index contributed by atoms with van der Waals surface area (Å²) in [6.07, 6.45) is 2.59. The second-order valence-corrected chi connectivity index (χ2v) is 4.90. The zero-order valence-electron chi connectivity index (χ0n) is 10.6. The van der Waals surface area contributed by atoms with Crippen LogP contribution in [-0.2, 0) is 4.74 Å². The number of hydrogen-bond donors (Lipinski definition) is 2. The summed E-state index contributed by atoms with van der Waals surface area (Å²) in [5, 5.41) is 3.22. The Bertz CT molecular complexity index is 399. The summed E-state index contributed by atoms with van der Waals surface area (Å²) in [6, 6.07) is 8.18. The van der Waals surface area contributed by atoms with Crippen molar-refractivity contribution in [1.82, 2.24) is 0 Å². The number of ether oxygens (including phenoxy) is 1. The summed E-state index contributed by atoms with van der Waals surface area (Å²) in [5.74, 6) is 0. The quantitative estimate of drug-likeness (QED) is 0.818. The average Bonchev–Trinajstić information content (AvgIpc) is 2.39. The Morgan fingerprint density at radius 2 is 1.94 bits per heavy atom. The molecule has 0 spiro atoms. The molecule has 1 aliphatic rings. The van der Waals surface area contributed by atoms with E-state index in [4.69, 9.17) is 22.7 Å². The van der Waals surface area contributed by atoms with Gasteiger partial charge in [0.1, 0.15) is 0 Å². The van der Waals surface area contributed by atoms with Gasteiger partial charge >= 0.3 is 0 Å². The van der Waals surface area contributed by atoms with E-state index in [1.165, 1.54) is 5.69 Å². The highest BCUT2D eigenvalue weighted by atomic mass is 32.1. The van der Waals surface area contributed by atoms with Crippen molar-refractivity contribution in [3.05, 3.63) is 24.3 Å². The third-order valence-corrected chi connectivity index (χ3v) is 3.38. The SMILES string of the molecule is COC1CCN(c2ccc(NC(N)=S)cc2)CC1. The van der Waals surface area contributed by atoms with Gasteiger partial charge < -0.3 is 20.7 Å². The third-order valence-electron chi connectivity index (χ3n) is 3.28. The summed E-state index contributed by atoms with van der Waals surface area (Å²) in [6.45, 7) is 2.08. The first-order chi connectivity index (χ1) is 8.69. The van der Waals surface area contributed by atoms with Crippen LogP contribution >= 0.6 is 12.2 Å². The maximum absolute atomic E-state index is 5.43. The smallest absolute Gasteiger partial charge is 0.168 e. The average molecular weight is 265 g/mol. The number of benzene rings is 1. The largest absolute Gasteiger partial charge is 0.381 e. The molecule has 0 saturated carbocycles. The Kier molecular flexibility index (Phi) is 4.38. The molecule has 1 heterocycles. The molecule has 1 aliphatic heterocycles. The zero-order valence-corrected chi connectivity index (χ0v) is 11.4. The Hall–Kier alpha value is -1.33. The minimum absolute atomic E-state index is 0.295. The lowest BCUT2D eigenvalue weighted by atomic mass is 10.1. The van der Waals surface area contributed by atoms with Gasteiger partial charge in [-0.1, -0.05) is 0 Å². The number of hydrogen-bond acceptors (Lipinski definition) is 3. The van der Waals surface area contributed by atoms with Gasteiger partial charge in [-0.3, -0.25) is 0 Å². The van der Waals surface area contributed by atoms with E-state index in [2.05, 4.69) is 22.3 Å². The van der Waals surface area contributed by atoms with Crippen LogP contribution in [0.2, 0.25) is 0 Å². The van der Waals surface area contributed by atoms with Crippen LogP contribution in [0.1, 0.15) is 12.8 Å². The predicted octanol–water partition coefficient (Wildman–Crippen LogP) is 1.96. The molecule has 0 amide bonds. The maximum atomic E-state index is 5.43. The normalized spacial score (nSPS) is 16.6. The van der Waals surface area contributed by atoms with E-state index in [0.717, 1.165) is 31.6 Å². The van der Waals surface area contributed by atoms with Crippen molar-refractivity contribution in [3.8, 4) is 0 Å². The van der Waals surface area contributed by atoms with Crippen molar-refractivity contribution in [3.63, 3.8) is 0 Å². The molecular weight excluding hydrogens is 246 g/mol. The first-order valence-electron chi connectivity index (χ1n) is 6.13. The number of anilines is 2. The van der Waals surface area contributed by atoms with Gasteiger partial charge in [0.15, 0.2) is 5.11 Å². The van der Waals surface area contributed by atoms with Crippen molar-refractivity contribution in [2.45, 2.75) is 18.9 Å². The van der Waals surface area contributed by atoms with Gasteiger partial charge in [0.05, 0.1) is 6.10 Å². The molecule has 1 saturated heterocycles. The Balaban J connectivity index is 1.95. The molecule has 98 valence electrons. The van der Waals surface area contributed by atoms with Crippen molar-refractivity contribution in [1.29, 1.82) is 0 Å². The molecule has 4 nitrogen and oxygen atoms in total.